The van der Waals surface area contributed by atoms with Crippen molar-refractivity contribution in [2.45, 2.75) is 13.0 Å². The van der Waals surface area contributed by atoms with Crippen LogP contribution in [0, 0.1) is 0 Å². The summed E-state index contributed by atoms with van der Waals surface area (Å²) in [5, 5.41) is 11.6. The number of nitrogens with one attached hydrogen (secondary N) is 1. The molecule has 4 nitrogen and oxygen atoms in total. The highest BCUT2D eigenvalue weighted by atomic mass is 16.3. The Balaban J connectivity index is 2.07. The van der Waals surface area contributed by atoms with Gasteiger partial charge >= 0.3 is 0 Å². The minimum absolute atomic E-state index is 0.0656. The molecule has 0 fully saturated rings. The number of amides is 1. The normalized spacial score (nSPS) is 14.1. The Hall–Kier alpha value is -1.39. The lowest BCUT2D eigenvalue weighted by Gasteiger charge is -2.15. The zero-order chi connectivity index (χ0) is 11.5. The van der Waals surface area contributed by atoms with Crippen LogP contribution >= 0.6 is 0 Å². The summed E-state index contributed by atoms with van der Waals surface area (Å²) in [6, 6.07) is 6.02. The summed E-state index contributed by atoms with van der Waals surface area (Å²) in [6.45, 7) is 1.62. The molecule has 86 valence electrons. The summed E-state index contributed by atoms with van der Waals surface area (Å²) in [5.74, 6) is 0.0656. The number of carbonyl (C=O) groups is 1. The molecule has 0 bridgehead atoms. The number of benzene rings is 1. The maximum absolute atomic E-state index is 11.2. The van der Waals surface area contributed by atoms with E-state index in [2.05, 4.69) is 11.4 Å². The van der Waals surface area contributed by atoms with Crippen LogP contribution in [0.5, 0.6) is 0 Å². The summed E-state index contributed by atoms with van der Waals surface area (Å²) >= 11 is 0. The van der Waals surface area contributed by atoms with Crippen molar-refractivity contribution >= 4 is 11.6 Å². The molecule has 0 spiro atoms. The van der Waals surface area contributed by atoms with E-state index in [0.717, 1.165) is 17.8 Å². The van der Waals surface area contributed by atoms with Gasteiger partial charge in [0.25, 0.3) is 0 Å². The summed E-state index contributed by atoms with van der Waals surface area (Å²) in [5.41, 5.74) is 3.17. The number of rotatable bonds is 4. The number of nitrogens with zero attached hydrogens (tertiary/aromatic N) is 1. The molecular formula is C12H16N2O2. The molecule has 1 heterocycles. The predicted molar refractivity (Wildman–Crippen MR) is 62.2 cm³/mol. The Morgan fingerprint density at radius 1 is 1.50 bits per heavy atom. The number of hydrogen-bond acceptors (Lipinski definition) is 3. The Morgan fingerprint density at radius 3 is 3.06 bits per heavy atom. The second-order valence-corrected chi connectivity index (χ2v) is 4.18. The maximum Gasteiger partial charge on any atom is 0.228 e. The average molecular weight is 220 g/mol. The quantitative estimate of drug-likeness (QED) is 0.781. The minimum atomic E-state index is 0.0656. The van der Waals surface area contributed by atoms with E-state index in [1.165, 1.54) is 5.56 Å². The SMILES string of the molecule is CN(CCO)Cc1ccc2c(c1)CC(=O)N2. The van der Waals surface area contributed by atoms with Gasteiger partial charge in [0, 0.05) is 18.8 Å². The summed E-state index contributed by atoms with van der Waals surface area (Å²) in [4.78, 5) is 13.2. The lowest BCUT2D eigenvalue weighted by molar-refractivity contribution is -0.115. The van der Waals surface area contributed by atoms with Gasteiger partial charge in [0.05, 0.1) is 13.0 Å². The van der Waals surface area contributed by atoms with E-state index < -0.39 is 0 Å². The van der Waals surface area contributed by atoms with Gasteiger partial charge in [0.2, 0.25) is 5.91 Å². The first kappa shape index (κ1) is 11.1. The number of anilines is 1. The van der Waals surface area contributed by atoms with Crippen LogP contribution < -0.4 is 5.32 Å². The molecule has 0 radical (unpaired) electrons. The molecule has 0 aromatic heterocycles. The first-order valence-electron chi connectivity index (χ1n) is 5.40. The molecule has 0 atom stereocenters. The number of hydrogen-bond donors (Lipinski definition) is 2. The Bertz CT molecular complexity index is 404. The third kappa shape index (κ3) is 2.40. The van der Waals surface area contributed by atoms with Crippen LogP contribution in [0.4, 0.5) is 5.69 Å². The van der Waals surface area contributed by atoms with Gasteiger partial charge in [0.15, 0.2) is 0 Å². The van der Waals surface area contributed by atoms with E-state index in [1.54, 1.807) is 0 Å². The van der Waals surface area contributed by atoms with Crippen LogP contribution in [-0.2, 0) is 17.8 Å². The highest BCUT2D eigenvalue weighted by Gasteiger charge is 2.17. The molecule has 1 aromatic rings. The first-order valence-corrected chi connectivity index (χ1v) is 5.40. The third-order valence-electron chi connectivity index (χ3n) is 2.73. The van der Waals surface area contributed by atoms with Gasteiger partial charge in [-0.05, 0) is 24.2 Å². The molecule has 0 saturated carbocycles. The molecule has 1 amide bonds. The maximum atomic E-state index is 11.2. The van der Waals surface area contributed by atoms with E-state index in [9.17, 15) is 4.79 Å². The lowest BCUT2D eigenvalue weighted by atomic mass is 10.1. The second-order valence-electron chi connectivity index (χ2n) is 4.18. The summed E-state index contributed by atoms with van der Waals surface area (Å²) in [7, 11) is 1.97. The smallest absolute Gasteiger partial charge is 0.228 e. The highest BCUT2D eigenvalue weighted by molar-refractivity contribution is 5.99. The van der Waals surface area contributed by atoms with Crippen LogP contribution in [0.3, 0.4) is 0 Å². The fraction of sp³-hybridized carbons (Fsp3) is 0.417. The average Bonchev–Trinajstić information content (AvgIpc) is 2.57. The monoisotopic (exact) mass is 220 g/mol. The van der Waals surface area contributed by atoms with Crippen molar-refractivity contribution in [3.63, 3.8) is 0 Å². The Kier molecular flexibility index (Phi) is 3.22. The molecule has 4 heteroatoms. The van der Waals surface area contributed by atoms with Crippen LogP contribution in [-0.4, -0.2) is 36.1 Å². The van der Waals surface area contributed by atoms with E-state index in [1.807, 2.05) is 24.1 Å². The molecule has 1 aliphatic heterocycles. The van der Waals surface area contributed by atoms with Crippen molar-refractivity contribution in [2.75, 3.05) is 25.5 Å². The standard InChI is InChI=1S/C12H16N2O2/c1-14(4-5-15)8-9-2-3-11-10(6-9)7-12(16)13-11/h2-3,6,15H,4-5,7-8H2,1H3,(H,13,16). The van der Waals surface area contributed by atoms with E-state index in [0.29, 0.717) is 13.0 Å². The molecule has 2 rings (SSSR count). The van der Waals surface area contributed by atoms with Crippen LogP contribution in [0.1, 0.15) is 11.1 Å². The summed E-state index contributed by atoms with van der Waals surface area (Å²) < 4.78 is 0. The van der Waals surface area contributed by atoms with Crippen molar-refractivity contribution in [3.8, 4) is 0 Å². The molecule has 0 aliphatic carbocycles. The highest BCUT2D eigenvalue weighted by Crippen LogP contribution is 2.24. The molecule has 1 aliphatic rings. The number of likely N-dealkylation sites (N-methyl/N-ethyl adjacent to an activating group) is 1. The second kappa shape index (κ2) is 4.63. The van der Waals surface area contributed by atoms with E-state index in [-0.39, 0.29) is 12.5 Å². The third-order valence-corrected chi connectivity index (χ3v) is 2.73. The zero-order valence-electron chi connectivity index (χ0n) is 9.36. The number of aliphatic hydroxyl groups excluding tert-OH is 1. The molecule has 16 heavy (non-hydrogen) atoms. The van der Waals surface area contributed by atoms with E-state index in [4.69, 9.17) is 5.11 Å². The lowest BCUT2D eigenvalue weighted by Crippen LogP contribution is -2.21. The van der Waals surface area contributed by atoms with Gasteiger partial charge in [0.1, 0.15) is 0 Å². The van der Waals surface area contributed by atoms with Crippen LogP contribution in [0.15, 0.2) is 18.2 Å². The predicted octanol–water partition coefficient (Wildman–Crippen LogP) is 0.605. The molecule has 0 unspecified atom stereocenters. The van der Waals surface area contributed by atoms with Crippen molar-refractivity contribution in [1.82, 2.24) is 4.90 Å². The van der Waals surface area contributed by atoms with Gasteiger partial charge in [-0.3, -0.25) is 9.69 Å². The van der Waals surface area contributed by atoms with Gasteiger partial charge in [-0.2, -0.15) is 0 Å². The van der Waals surface area contributed by atoms with Crippen molar-refractivity contribution in [2.24, 2.45) is 0 Å². The van der Waals surface area contributed by atoms with Gasteiger partial charge < -0.3 is 10.4 Å². The molecule has 2 N–H and O–H groups in total. The first-order chi connectivity index (χ1) is 7.69. The van der Waals surface area contributed by atoms with E-state index >= 15 is 0 Å². The number of carbonyl (C=O) groups excluding carboxylic acids is 1. The largest absolute Gasteiger partial charge is 0.395 e. The minimum Gasteiger partial charge on any atom is -0.395 e. The molecular weight excluding hydrogens is 204 g/mol. The Morgan fingerprint density at radius 2 is 2.31 bits per heavy atom. The fourth-order valence-electron chi connectivity index (χ4n) is 1.94. The fourth-order valence-corrected chi connectivity index (χ4v) is 1.94. The van der Waals surface area contributed by atoms with Gasteiger partial charge in [-0.15, -0.1) is 0 Å². The molecule has 1 aromatic carbocycles. The number of fused-ring (bicyclic) bond motifs is 1. The van der Waals surface area contributed by atoms with Crippen molar-refractivity contribution in [3.05, 3.63) is 29.3 Å². The summed E-state index contributed by atoms with van der Waals surface area (Å²) in [6.07, 6.45) is 0.479. The van der Waals surface area contributed by atoms with Crippen molar-refractivity contribution in [1.29, 1.82) is 0 Å². The topological polar surface area (TPSA) is 52.6 Å². The van der Waals surface area contributed by atoms with Crippen LogP contribution in [0.25, 0.3) is 0 Å². The van der Waals surface area contributed by atoms with Crippen molar-refractivity contribution < 1.29 is 9.90 Å². The van der Waals surface area contributed by atoms with Gasteiger partial charge in [-0.25, -0.2) is 0 Å². The Labute approximate surface area is 94.9 Å². The molecule has 0 saturated heterocycles. The van der Waals surface area contributed by atoms with Crippen LogP contribution in [0.2, 0.25) is 0 Å². The van der Waals surface area contributed by atoms with Gasteiger partial charge in [-0.1, -0.05) is 12.1 Å². The zero-order valence-corrected chi connectivity index (χ0v) is 9.36. The number of aliphatic hydroxyl groups is 1.